The fourth-order valence-electron chi connectivity index (χ4n) is 2.63. The molecule has 0 radical (unpaired) electrons. The van der Waals surface area contributed by atoms with E-state index in [0.29, 0.717) is 12.8 Å². The predicted molar refractivity (Wildman–Crippen MR) is 140 cm³/mol. The van der Waals surface area contributed by atoms with Gasteiger partial charge in [-0.05, 0) is 19.3 Å². The van der Waals surface area contributed by atoms with Crippen molar-refractivity contribution in [3.63, 3.8) is 0 Å². The van der Waals surface area contributed by atoms with Crippen LogP contribution in [0.3, 0.4) is 0 Å². The SMILES string of the molecule is CCCC(=O)[C@H](CS)NC(=O)CC[C@@H](N)C(=O)[O-].N[C@H](CCC(=O)N[C@@H](CS)C(=O)CCC(=O)O)C(=O)O. The lowest BCUT2D eigenvalue weighted by atomic mass is 10.1. The zero-order valence-electron chi connectivity index (χ0n) is 21.1. The molecule has 0 fully saturated rings. The fourth-order valence-corrected chi connectivity index (χ4v) is 3.22. The molecule has 0 aromatic heterocycles. The molecule has 0 saturated carbocycles. The number of carbonyl (C=O) groups excluding carboxylic acids is 5. The summed E-state index contributed by atoms with van der Waals surface area (Å²) < 4.78 is 0. The Morgan fingerprint density at radius 1 is 0.737 bits per heavy atom. The molecule has 0 bridgehead atoms. The van der Waals surface area contributed by atoms with Crippen LogP contribution in [-0.4, -0.2) is 87.2 Å². The second-order valence-electron chi connectivity index (χ2n) is 8.13. The third kappa shape index (κ3) is 18.5. The van der Waals surface area contributed by atoms with Crippen LogP contribution in [0.5, 0.6) is 0 Å². The van der Waals surface area contributed by atoms with Gasteiger partial charge in [-0.25, -0.2) is 0 Å². The third-order valence-corrected chi connectivity index (χ3v) is 5.61. The van der Waals surface area contributed by atoms with Crippen LogP contribution >= 0.6 is 25.3 Å². The molecule has 0 aliphatic rings. The normalized spacial score (nSPS) is 13.5. The first-order chi connectivity index (χ1) is 17.7. The van der Waals surface area contributed by atoms with Gasteiger partial charge in [0.2, 0.25) is 11.8 Å². The molecule has 0 rings (SSSR count). The molecule has 4 atom stereocenters. The molecular weight excluding hydrogens is 544 g/mol. The van der Waals surface area contributed by atoms with Gasteiger partial charge in [-0.2, -0.15) is 25.3 Å². The minimum atomic E-state index is -1.39. The van der Waals surface area contributed by atoms with E-state index < -0.39 is 59.7 Å². The van der Waals surface area contributed by atoms with Crippen molar-refractivity contribution in [3.05, 3.63) is 0 Å². The quantitative estimate of drug-likeness (QED) is 0.0746. The summed E-state index contributed by atoms with van der Waals surface area (Å²) in [5.74, 6) is -4.89. The standard InChI is InChI=1S/C11H18N2O6S.C11H20N2O4S/c12-6(11(18)19)1-3-9(15)13-7(5-20)8(14)2-4-10(16)17;1-2-3-9(14)8(6-18)13-10(15)5-4-7(12)11(16)17/h6-7,20H,1-5,12H2,(H,13,15)(H,16,17)(H,18,19);7-8,18H,2-6,12H2,1H3,(H,13,15)(H,16,17)/p-1/t6-,7+;7-,8+/m11/s1. The highest BCUT2D eigenvalue weighted by Gasteiger charge is 2.21. The lowest BCUT2D eigenvalue weighted by Gasteiger charge is -2.16. The van der Waals surface area contributed by atoms with Gasteiger partial charge >= 0.3 is 11.9 Å². The maximum atomic E-state index is 11.6. The van der Waals surface area contributed by atoms with E-state index in [1.807, 2.05) is 6.92 Å². The fraction of sp³-hybridized carbons (Fsp3) is 0.682. The highest BCUT2D eigenvalue weighted by molar-refractivity contribution is 7.80. The number of Topliss-reactive ketones (excluding diaryl/α,β-unsaturated/α-hetero) is 2. The second-order valence-corrected chi connectivity index (χ2v) is 8.86. The summed E-state index contributed by atoms with van der Waals surface area (Å²) in [6, 6.07) is -3.82. The number of amides is 2. The average Bonchev–Trinajstić information content (AvgIpc) is 2.86. The number of rotatable bonds is 19. The highest BCUT2D eigenvalue weighted by atomic mass is 32.1. The number of hydrogen-bond acceptors (Lipinski definition) is 12. The second kappa shape index (κ2) is 21.3. The van der Waals surface area contributed by atoms with E-state index in [-0.39, 0.29) is 55.8 Å². The molecule has 38 heavy (non-hydrogen) atoms. The van der Waals surface area contributed by atoms with Crippen molar-refractivity contribution in [1.29, 1.82) is 0 Å². The van der Waals surface area contributed by atoms with Crippen molar-refractivity contribution in [2.24, 2.45) is 11.5 Å². The number of nitrogens with two attached hydrogens (primary N) is 2. The number of aliphatic carboxylic acids is 3. The van der Waals surface area contributed by atoms with Crippen LogP contribution in [0.4, 0.5) is 0 Å². The Morgan fingerprint density at radius 3 is 1.50 bits per heavy atom. The molecule has 8 N–H and O–H groups in total. The van der Waals surface area contributed by atoms with Crippen LogP contribution in [0.15, 0.2) is 0 Å². The number of carboxylic acids is 3. The molecule has 0 aromatic carbocycles. The Morgan fingerprint density at radius 2 is 1.16 bits per heavy atom. The van der Waals surface area contributed by atoms with Gasteiger partial charge in [0, 0.05) is 43.2 Å². The number of thiol groups is 2. The van der Waals surface area contributed by atoms with Crippen molar-refractivity contribution in [1.82, 2.24) is 10.6 Å². The van der Waals surface area contributed by atoms with E-state index in [2.05, 4.69) is 35.9 Å². The molecule has 0 unspecified atom stereocenters. The predicted octanol–water partition coefficient (Wildman–Crippen LogP) is -2.35. The molecule has 0 aliphatic heterocycles. The molecule has 0 heterocycles. The summed E-state index contributed by atoms with van der Waals surface area (Å²) in [6.45, 7) is 1.87. The van der Waals surface area contributed by atoms with Crippen LogP contribution in [-0.2, 0) is 33.6 Å². The van der Waals surface area contributed by atoms with Gasteiger partial charge in [0.1, 0.15) is 6.04 Å². The Bertz CT molecular complexity index is 828. The largest absolute Gasteiger partial charge is 0.548 e. The van der Waals surface area contributed by atoms with Gasteiger partial charge in [0.05, 0.1) is 24.5 Å². The van der Waals surface area contributed by atoms with Crippen LogP contribution in [0.1, 0.15) is 58.3 Å². The summed E-state index contributed by atoms with van der Waals surface area (Å²) in [7, 11) is 0. The first kappa shape index (κ1) is 37.5. The van der Waals surface area contributed by atoms with Crippen molar-refractivity contribution in [3.8, 4) is 0 Å². The van der Waals surface area contributed by atoms with Crippen molar-refractivity contribution < 1.29 is 48.9 Å². The van der Waals surface area contributed by atoms with Crippen LogP contribution in [0.2, 0.25) is 0 Å². The lowest BCUT2D eigenvalue weighted by Crippen LogP contribution is -2.45. The highest BCUT2D eigenvalue weighted by Crippen LogP contribution is 2.02. The lowest BCUT2D eigenvalue weighted by molar-refractivity contribution is -0.307. The monoisotopic (exact) mass is 581 g/mol. The molecule has 0 aromatic rings. The summed E-state index contributed by atoms with van der Waals surface area (Å²) in [5, 5.41) is 32.3. The maximum Gasteiger partial charge on any atom is 0.320 e. The van der Waals surface area contributed by atoms with Gasteiger partial charge in [-0.1, -0.05) is 6.92 Å². The summed E-state index contributed by atoms with van der Waals surface area (Å²) in [4.78, 5) is 77.3. The Labute approximate surface area is 231 Å². The smallest absolute Gasteiger partial charge is 0.320 e. The summed E-state index contributed by atoms with van der Waals surface area (Å²) in [6.07, 6.45) is 0.305. The molecule has 2 amide bonds. The maximum absolute atomic E-state index is 11.6. The number of carbonyl (C=O) groups is 7. The van der Waals surface area contributed by atoms with E-state index in [9.17, 15) is 38.7 Å². The van der Waals surface area contributed by atoms with Gasteiger partial charge in [0.15, 0.2) is 11.6 Å². The van der Waals surface area contributed by atoms with Crippen LogP contribution < -0.4 is 27.2 Å². The van der Waals surface area contributed by atoms with Gasteiger partial charge in [-0.3, -0.25) is 28.8 Å². The van der Waals surface area contributed by atoms with Gasteiger partial charge in [0.25, 0.3) is 0 Å². The van der Waals surface area contributed by atoms with Gasteiger partial charge in [-0.15, -0.1) is 0 Å². The number of carboxylic acid groups (broad SMARTS) is 3. The Balaban J connectivity index is 0. The number of nitrogens with one attached hydrogen (secondary N) is 2. The van der Waals surface area contributed by atoms with E-state index in [1.54, 1.807) is 0 Å². The van der Waals surface area contributed by atoms with Crippen molar-refractivity contribution in [2.45, 2.75) is 82.5 Å². The number of hydrogen-bond donors (Lipinski definition) is 8. The zero-order valence-corrected chi connectivity index (χ0v) is 22.9. The molecular formula is C22H37N4O10S2-. The van der Waals surface area contributed by atoms with Crippen LogP contribution in [0, 0.1) is 0 Å². The third-order valence-electron chi connectivity index (χ3n) is 4.88. The minimum Gasteiger partial charge on any atom is -0.548 e. The van der Waals surface area contributed by atoms with E-state index in [0.717, 1.165) is 0 Å². The average molecular weight is 582 g/mol. The topological polar surface area (TPSA) is 259 Å². The molecule has 0 saturated heterocycles. The van der Waals surface area contributed by atoms with Crippen molar-refractivity contribution in [2.75, 3.05) is 11.5 Å². The molecule has 16 heteroatoms. The first-order valence-electron chi connectivity index (χ1n) is 11.7. The van der Waals surface area contributed by atoms with E-state index in [1.165, 1.54) is 0 Å². The minimum absolute atomic E-state index is 0.0184. The Hall–Kier alpha value is -2.69. The molecule has 0 aliphatic carbocycles. The summed E-state index contributed by atoms with van der Waals surface area (Å²) >= 11 is 7.91. The van der Waals surface area contributed by atoms with E-state index in [4.69, 9.17) is 21.7 Å². The number of ketones is 2. The van der Waals surface area contributed by atoms with Crippen molar-refractivity contribution >= 4 is 66.5 Å². The zero-order chi connectivity index (χ0) is 29.8. The first-order valence-corrected chi connectivity index (χ1v) is 13.0. The van der Waals surface area contributed by atoms with Crippen LogP contribution in [0.25, 0.3) is 0 Å². The Kier molecular flexibility index (Phi) is 21.0. The molecule has 218 valence electrons. The molecule has 0 spiro atoms. The van der Waals surface area contributed by atoms with Gasteiger partial charge < -0.3 is 42.2 Å². The van der Waals surface area contributed by atoms with E-state index >= 15 is 0 Å². The summed E-state index contributed by atoms with van der Waals surface area (Å²) in [5.41, 5.74) is 10.5. The molecule has 14 nitrogen and oxygen atoms in total.